The Labute approximate surface area is 104 Å². The molecule has 1 aromatic heterocycles. The molecule has 1 saturated carbocycles. The van der Waals surface area contributed by atoms with E-state index in [-0.39, 0.29) is 0 Å². The molecule has 2 rings (SSSR count). The zero-order chi connectivity index (χ0) is 12.8. The molecule has 1 aliphatic rings. The van der Waals surface area contributed by atoms with E-state index in [4.69, 9.17) is 0 Å². The van der Waals surface area contributed by atoms with Gasteiger partial charge in [0.25, 0.3) is 0 Å². The molecule has 0 aliphatic heterocycles. The Morgan fingerprint density at radius 3 is 2.18 bits per heavy atom. The van der Waals surface area contributed by atoms with Gasteiger partial charge in [-0.25, -0.2) is 0 Å². The molecule has 3 nitrogen and oxygen atoms in total. The minimum atomic E-state index is 0.473. The maximum Gasteiger partial charge on any atom is 0.0638 e. The third kappa shape index (κ3) is 1.90. The van der Waals surface area contributed by atoms with Crippen LogP contribution >= 0.6 is 0 Å². The first-order valence-electron chi connectivity index (χ1n) is 6.49. The normalized spacial score (nSPS) is 21.8. The van der Waals surface area contributed by atoms with Gasteiger partial charge < -0.3 is 5.32 Å². The summed E-state index contributed by atoms with van der Waals surface area (Å²) in [5, 5.41) is 10.8. The lowest BCUT2D eigenvalue weighted by atomic mass is 10.0. The predicted octanol–water partition coefficient (Wildman–Crippen LogP) is 2.80. The van der Waals surface area contributed by atoms with E-state index in [0.717, 1.165) is 24.7 Å². The molecular formula is C14H25N3. The number of hydrogen-bond donors (Lipinski definition) is 2. The molecule has 0 saturated heterocycles. The van der Waals surface area contributed by atoms with Gasteiger partial charge in [0.2, 0.25) is 0 Å². The minimum Gasteiger partial charge on any atom is -0.312 e. The van der Waals surface area contributed by atoms with Crippen molar-refractivity contribution in [2.75, 3.05) is 6.54 Å². The van der Waals surface area contributed by atoms with Gasteiger partial charge in [-0.2, -0.15) is 5.10 Å². The number of nitrogens with one attached hydrogen (secondary N) is 2. The summed E-state index contributed by atoms with van der Waals surface area (Å²) >= 11 is 0. The van der Waals surface area contributed by atoms with Gasteiger partial charge in [-0.15, -0.1) is 0 Å². The van der Waals surface area contributed by atoms with E-state index in [0.29, 0.717) is 10.8 Å². The van der Waals surface area contributed by atoms with Gasteiger partial charge >= 0.3 is 0 Å². The van der Waals surface area contributed by atoms with E-state index in [9.17, 15) is 0 Å². The van der Waals surface area contributed by atoms with Crippen LogP contribution in [0.25, 0.3) is 0 Å². The molecule has 0 aromatic carbocycles. The highest BCUT2D eigenvalue weighted by Crippen LogP contribution is 2.67. The van der Waals surface area contributed by atoms with Crippen LogP contribution in [-0.2, 0) is 6.54 Å². The van der Waals surface area contributed by atoms with E-state index in [1.54, 1.807) is 0 Å². The van der Waals surface area contributed by atoms with Gasteiger partial charge in [-0.1, -0.05) is 27.7 Å². The number of aromatic nitrogens is 2. The number of rotatable bonds is 4. The second-order valence-electron chi connectivity index (χ2n) is 6.54. The van der Waals surface area contributed by atoms with E-state index in [1.165, 1.54) is 11.3 Å². The van der Waals surface area contributed by atoms with Crippen molar-refractivity contribution >= 4 is 0 Å². The highest BCUT2D eigenvalue weighted by atomic mass is 15.1. The van der Waals surface area contributed by atoms with Crippen LogP contribution in [0.5, 0.6) is 0 Å². The lowest BCUT2D eigenvalue weighted by Crippen LogP contribution is -2.19. The van der Waals surface area contributed by atoms with Gasteiger partial charge in [0.15, 0.2) is 0 Å². The molecule has 1 heterocycles. The second-order valence-corrected chi connectivity index (χ2v) is 6.54. The van der Waals surface area contributed by atoms with Crippen molar-refractivity contribution in [3.63, 3.8) is 0 Å². The number of H-pyrrole nitrogens is 1. The molecule has 96 valence electrons. The standard InChI is InChI=1S/C14H25N3/c1-9-11(10(2)17-16-9)7-15-8-12-13(3,4)14(12,5)6/h12,15H,7-8H2,1-6H3,(H,16,17). The van der Waals surface area contributed by atoms with Crippen LogP contribution in [0.3, 0.4) is 0 Å². The Morgan fingerprint density at radius 2 is 1.76 bits per heavy atom. The number of aryl methyl sites for hydroxylation is 2. The number of aromatic amines is 1. The summed E-state index contributed by atoms with van der Waals surface area (Å²) in [5.41, 5.74) is 4.57. The second kappa shape index (κ2) is 3.84. The first kappa shape index (κ1) is 12.6. The molecule has 1 fully saturated rings. The summed E-state index contributed by atoms with van der Waals surface area (Å²) < 4.78 is 0. The largest absolute Gasteiger partial charge is 0.312 e. The predicted molar refractivity (Wildman–Crippen MR) is 70.8 cm³/mol. The van der Waals surface area contributed by atoms with Crippen molar-refractivity contribution in [3.05, 3.63) is 17.0 Å². The van der Waals surface area contributed by atoms with Crippen molar-refractivity contribution < 1.29 is 0 Å². The molecule has 0 radical (unpaired) electrons. The van der Waals surface area contributed by atoms with Crippen molar-refractivity contribution in [1.29, 1.82) is 0 Å². The van der Waals surface area contributed by atoms with Crippen LogP contribution in [0, 0.1) is 30.6 Å². The van der Waals surface area contributed by atoms with Gasteiger partial charge in [-0.3, -0.25) is 5.10 Å². The summed E-state index contributed by atoms with van der Waals surface area (Å²) in [6, 6.07) is 0. The lowest BCUT2D eigenvalue weighted by Gasteiger charge is -2.06. The maximum atomic E-state index is 4.22. The Balaban J connectivity index is 1.86. The van der Waals surface area contributed by atoms with Crippen LogP contribution in [0.4, 0.5) is 0 Å². The average molecular weight is 235 g/mol. The smallest absolute Gasteiger partial charge is 0.0638 e. The number of hydrogen-bond acceptors (Lipinski definition) is 2. The Hall–Kier alpha value is -0.830. The molecule has 1 aliphatic carbocycles. The molecule has 2 N–H and O–H groups in total. The van der Waals surface area contributed by atoms with Crippen LogP contribution in [-0.4, -0.2) is 16.7 Å². The summed E-state index contributed by atoms with van der Waals surface area (Å²) in [4.78, 5) is 0. The molecule has 3 heteroatoms. The van der Waals surface area contributed by atoms with Crippen LogP contribution in [0.15, 0.2) is 0 Å². The maximum absolute atomic E-state index is 4.22. The third-order valence-corrected chi connectivity index (χ3v) is 5.25. The fourth-order valence-corrected chi connectivity index (χ4v) is 3.02. The minimum absolute atomic E-state index is 0.473. The summed E-state index contributed by atoms with van der Waals surface area (Å²) in [6.07, 6.45) is 0. The van der Waals surface area contributed by atoms with Crippen molar-refractivity contribution in [3.8, 4) is 0 Å². The third-order valence-electron chi connectivity index (χ3n) is 5.25. The highest BCUT2D eigenvalue weighted by Gasteiger charge is 2.63. The molecule has 0 atom stereocenters. The number of nitrogens with zero attached hydrogens (tertiary/aromatic N) is 1. The fourth-order valence-electron chi connectivity index (χ4n) is 3.02. The molecule has 17 heavy (non-hydrogen) atoms. The Bertz CT molecular complexity index is 382. The first-order chi connectivity index (χ1) is 7.78. The van der Waals surface area contributed by atoms with Crippen molar-refractivity contribution in [2.45, 2.75) is 48.1 Å². The molecule has 0 spiro atoms. The molecule has 0 amide bonds. The quantitative estimate of drug-likeness (QED) is 0.842. The highest BCUT2D eigenvalue weighted by molar-refractivity contribution is 5.23. The van der Waals surface area contributed by atoms with Crippen LogP contribution < -0.4 is 5.32 Å². The van der Waals surface area contributed by atoms with Gasteiger partial charge in [0, 0.05) is 17.8 Å². The van der Waals surface area contributed by atoms with Crippen molar-refractivity contribution in [2.24, 2.45) is 16.7 Å². The zero-order valence-corrected chi connectivity index (χ0v) is 11.9. The van der Waals surface area contributed by atoms with E-state index in [1.807, 2.05) is 0 Å². The lowest BCUT2D eigenvalue weighted by molar-refractivity contribution is 0.457. The topological polar surface area (TPSA) is 40.7 Å². The summed E-state index contributed by atoms with van der Waals surface area (Å²) in [6.45, 7) is 15.7. The van der Waals surface area contributed by atoms with E-state index >= 15 is 0 Å². The molecule has 0 unspecified atom stereocenters. The molecule has 0 bridgehead atoms. The first-order valence-corrected chi connectivity index (χ1v) is 6.49. The summed E-state index contributed by atoms with van der Waals surface area (Å²) in [5.74, 6) is 0.780. The molecule has 1 aromatic rings. The monoisotopic (exact) mass is 235 g/mol. The average Bonchev–Trinajstić information content (AvgIpc) is 2.51. The Kier molecular flexibility index (Phi) is 2.85. The zero-order valence-electron chi connectivity index (χ0n) is 11.9. The van der Waals surface area contributed by atoms with Crippen LogP contribution in [0.1, 0.15) is 44.6 Å². The molecular weight excluding hydrogens is 210 g/mol. The van der Waals surface area contributed by atoms with Gasteiger partial charge in [-0.05, 0) is 37.1 Å². The fraction of sp³-hybridized carbons (Fsp3) is 0.786. The Morgan fingerprint density at radius 1 is 1.18 bits per heavy atom. The SMILES string of the molecule is Cc1n[nH]c(C)c1CNCC1C(C)(C)C1(C)C. The van der Waals surface area contributed by atoms with Gasteiger partial charge in [0.1, 0.15) is 0 Å². The summed E-state index contributed by atoms with van der Waals surface area (Å²) in [7, 11) is 0. The van der Waals surface area contributed by atoms with E-state index in [2.05, 4.69) is 57.1 Å². The van der Waals surface area contributed by atoms with Crippen molar-refractivity contribution in [1.82, 2.24) is 15.5 Å². The van der Waals surface area contributed by atoms with E-state index < -0.39 is 0 Å². The van der Waals surface area contributed by atoms with Crippen LogP contribution in [0.2, 0.25) is 0 Å². The van der Waals surface area contributed by atoms with Gasteiger partial charge in [0.05, 0.1) is 5.69 Å².